The van der Waals surface area contributed by atoms with Crippen molar-refractivity contribution in [1.82, 2.24) is 29.9 Å². The Kier molecular flexibility index (Phi) is 6.68. The van der Waals surface area contributed by atoms with Gasteiger partial charge in [0.2, 0.25) is 0 Å². The zero-order valence-electron chi connectivity index (χ0n) is 16.3. The lowest BCUT2D eigenvalue weighted by molar-refractivity contribution is 0.172. The van der Waals surface area contributed by atoms with Gasteiger partial charge in [0.05, 0.1) is 0 Å². The van der Waals surface area contributed by atoms with Gasteiger partial charge >= 0.3 is 0 Å². The number of halogens is 1. The lowest BCUT2D eigenvalue weighted by atomic mass is 10.2. The molecule has 146 valence electrons. The van der Waals surface area contributed by atoms with E-state index in [1.54, 1.807) is 0 Å². The number of nitrogens with zero attached hydrogens (tertiary/aromatic N) is 6. The van der Waals surface area contributed by atoms with Gasteiger partial charge in [0.1, 0.15) is 12.4 Å². The molecule has 1 aromatic carbocycles. The average molecular weight is 390 g/mol. The summed E-state index contributed by atoms with van der Waals surface area (Å²) in [5, 5.41) is 12.5. The van der Waals surface area contributed by atoms with E-state index in [-0.39, 0.29) is 0 Å². The Morgan fingerprint density at radius 1 is 1.15 bits per heavy atom. The number of nitrogens with one attached hydrogen (secondary N) is 1. The zero-order valence-corrected chi connectivity index (χ0v) is 17.1. The highest BCUT2D eigenvalue weighted by Gasteiger charge is 2.20. The molecule has 3 rings (SSSR count). The fourth-order valence-corrected chi connectivity index (χ4v) is 3.25. The molecule has 0 amide bonds. The molecule has 1 fully saturated rings. The summed E-state index contributed by atoms with van der Waals surface area (Å²) in [5.74, 6) is 2.73. The van der Waals surface area contributed by atoms with Crippen molar-refractivity contribution in [3.05, 3.63) is 46.5 Å². The molecule has 0 aliphatic carbocycles. The van der Waals surface area contributed by atoms with Gasteiger partial charge in [-0.05, 0) is 31.5 Å². The first kappa shape index (κ1) is 19.6. The molecule has 0 radical (unpaired) electrons. The van der Waals surface area contributed by atoms with Gasteiger partial charge in [0, 0.05) is 51.3 Å². The standard InChI is InChI=1S/C19H28ClN7/c1-4-21-19(22-13-18-24-23-15(2)25(18)3)27-11-9-26(10-12-27)14-16-5-7-17(20)8-6-16/h5-8H,4,9-14H2,1-3H3,(H,21,22). The average Bonchev–Trinajstić information content (AvgIpc) is 3.00. The van der Waals surface area contributed by atoms with Crippen LogP contribution in [-0.4, -0.2) is 63.2 Å². The van der Waals surface area contributed by atoms with Gasteiger partial charge in [-0.1, -0.05) is 23.7 Å². The van der Waals surface area contributed by atoms with E-state index in [9.17, 15) is 0 Å². The summed E-state index contributed by atoms with van der Waals surface area (Å²) in [6, 6.07) is 8.11. The van der Waals surface area contributed by atoms with Crippen LogP contribution < -0.4 is 5.32 Å². The summed E-state index contributed by atoms with van der Waals surface area (Å²) in [7, 11) is 1.97. The molecule has 0 spiro atoms. The highest BCUT2D eigenvalue weighted by Crippen LogP contribution is 2.13. The highest BCUT2D eigenvalue weighted by molar-refractivity contribution is 6.30. The molecular weight excluding hydrogens is 362 g/mol. The van der Waals surface area contributed by atoms with Crippen molar-refractivity contribution in [2.45, 2.75) is 26.9 Å². The number of benzene rings is 1. The van der Waals surface area contributed by atoms with Crippen LogP contribution in [-0.2, 0) is 20.1 Å². The van der Waals surface area contributed by atoms with Crippen LogP contribution in [0.3, 0.4) is 0 Å². The summed E-state index contributed by atoms with van der Waals surface area (Å²) < 4.78 is 1.98. The van der Waals surface area contributed by atoms with Crippen molar-refractivity contribution in [1.29, 1.82) is 0 Å². The molecule has 7 nitrogen and oxygen atoms in total. The monoisotopic (exact) mass is 389 g/mol. The third kappa shape index (κ3) is 5.20. The zero-order chi connectivity index (χ0) is 19.2. The van der Waals surface area contributed by atoms with Crippen molar-refractivity contribution in [2.24, 2.45) is 12.0 Å². The molecule has 27 heavy (non-hydrogen) atoms. The van der Waals surface area contributed by atoms with E-state index in [1.807, 2.05) is 30.7 Å². The van der Waals surface area contributed by atoms with Crippen LogP contribution in [0, 0.1) is 6.92 Å². The van der Waals surface area contributed by atoms with Crippen LogP contribution in [0.25, 0.3) is 0 Å². The number of aromatic nitrogens is 3. The van der Waals surface area contributed by atoms with Crippen LogP contribution >= 0.6 is 11.6 Å². The van der Waals surface area contributed by atoms with Crippen LogP contribution in [0.4, 0.5) is 0 Å². The Hall–Kier alpha value is -2.12. The summed E-state index contributed by atoms with van der Waals surface area (Å²) in [5.41, 5.74) is 1.30. The summed E-state index contributed by atoms with van der Waals surface area (Å²) >= 11 is 5.97. The van der Waals surface area contributed by atoms with Crippen molar-refractivity contribution in [2.75, 3.05) is 32.7 Å². The Bertz CT molecular complexity index is 761. The van der Waals surface area contributed by atoms with Gasteiger partial charge in [-0.15, -0.1) is 10.2 Å². The first-order chi connectivity index (χ1) is 13.1. The lowest BCUT2D eigenvalue weighted by Crippen LogP contribution is -2.52. The van der Waals surface area contributed by atoms with E-state index in [0.717, 1.165) is 61.9 Å². The summed E-state index contributed by atoms with van der Waals surface area (Å²) in [6.07, 6.45) is 0. The van der Waals surface area contributed by atoms with E-state index < -0.39 is 0 Å². The molecule has 0 saturated carbocycles. The molecule has 1 saturated heterocycles. The second-order valence-corrected chi connectivity index (χ2v) is 7.22. The predicted octanol–water partition coefficient (Wildman–Crippen LogP) is 2.06. The van der Waals surface area contributed by atoms with Gasteiger partial charge in [-0.3, -0.25) is 4.90 Å². The number of aryl methyl sites for hydroxylation is 1. The van der Waals surface area contributed by atoms with Gasteiger partial charge in [-0.2, -0.15) is 0 Å². The molecule has 2 aromatic rings. The van der Waals surface area contributed by atoms with Crippen molar-refractivity contribution in [3.8, 4) is 0 Å². The summed E-state index contributed by atoms with van der Waals surface area (Å²) in [6.45, 7) is 10.3. The first-order valence-corrected chi connectivity index (χ1v) is 9.79. The van der Waals surface area contributed by atoms with Gasteiger partial charge in [0.15, 0.2) is 11.8 Å². The maximum absolute atomic E-state index is 5.97. The van der Waals surface area contributed by atoms with Crippen molar-refractivity contribution >= 4 is 17.6 Å². The normalized spacial score (nSPS) is 16.0. The van der Waals surface area contributed by atoms with E-state index in [2.05, 4.69) is 44.4 Å². The number of hydrogen-bond acceptors (Lipinski definition) is 4. The van der Waals surface area contributed by atoms with Crippen molar-refractivity contribution in [3.63, 3.8) is 0 Å². The SMILES string of the molecule is CCNC(=NCc1nnc(C)n1C)N1CCN(Cc2ccc(Cl)cc2)CC1. The van der Waals surface area contributed by atoms with E-state index in [0.29, 0.717) is 6.54 Å². The molecule has 1 aliphatic rings. The Morgan fingerprint density at radius 3 is 2.44 bits per heavy atom. The van der Waals surface area contributed by atoms with Crippen LogP contribution in [0.5, 0.6) is 0 Å². The Morgan fingerprint density at radius 2 is 1.85 bits per heavy atom. The molecule has 1 aliphatic heterocycles. The second kappa shape index (κ2) is 9.19. The topological polar surface area (TPSA) is 61.6 Å². The molecule has 1 aromatic heterocycles. The maximum Gasteiger partial charge on any atom is 0.194 e. The third-order valence-electron chi connectivity index (χ3n) is 4.88. The molecular formula is C19H28ClN7. The highest BCUT2D eigenvalue weighted by atomic mass is 35.5. The van der Waals surface area contributed by atoms with E-state index in [4.69, 9.17) is 16.6 Å². The van der Waals surface area contributed by atoms with Crippen LogP contribution in [0.1, 0.15) is 24.1 Å². The fraction of sp³-hybridized carbons (Fsp3) is 0.526. The predicted molar refractivity (Wildman–Crippen MR) is 109 cm³/mol. The Labute approximate surface area is 166 Å². The van der Waals surface area contributed by atoms with Gasteiger partial charge < -0.3 is 14.8 Å². The molecule has 1 N–H and O–H groups in total. The Balaban J connectivity index is 1.57. The molecule has 8 heteroatoms. The summed E-state index contributed by atoms with van der Waals surface area (Å²) in [4.78, 5) is 9.57. The number of hydrogen-bond donors (Lipinski definition) is 1. The molecule has 0 unspecified atom stereocenters. The quantitative estimate of drug-likeness (QED) is 0.626. The lowest BCUT2D eigenvalue weighted by Gasteiger charge is -2.36. The number of rotatable bonds is 5. The minimum atomic E-state index is 0.532. The van der Waals surface area contributed by atoms with E-state index in [1.165, 1.54) is 5.56 Å². The van der Waals surface area contributed by atoms with Crippen LogP contribution in [0.2, 0.25) is 5.02 Å². The van der Waals surface area contributed by atoms with Gasteiger partial charge in [-0.25, -0.2) is 4.99 Å². The minimum Gasteiger partial charge on any atom is -0.357 e. The largest absolute Gasteiger partial charge is 0.357 e. The molecule has 0 atom stereocenters. The van der Waals surface area contributed by atoms with Gasteiger partial charge in [0.25, 0.3) is 0 Å². The molecule has 0 bridgehead atoms. The smallest absolute Gasteiger partial charge is 0.194 e. The number of piperazine rings is 1. The maximum atomic E-state index is 5.97. The van der Waals surface area contributed by atoms with Crippen molar-refractivity contribution < 1.29 is 0 Å². The second-order valence-electron chi connectivity index (χ2n) is 6.78. The molecule has 2 heterocycles. The first-order valence-electron chi connectivity index (χ1n) is 9.41. The van der Waals surface area contributed by atoms with E-state index >= 15 is 0 Å². The van der Waals surface area contributed by atoms with Crippen LogP contribution in [0.15, 0.2) is 29.3 Å². The number of guanidine groups is 1. The third-order valence-corrected chi connectivity index (χ3v) is 5.13. The minimum absolute atomic E-state index is 0.532. The fourth-order valence-electron chi connectivity index (χ4n) is 3.13. The number of aliphatic imine (C=N–C) groups is 1.